The molecule has 1 fully saturated rings. The highest BCUT2D eigenvalue weighted by Gasteiger charge is 2.50. The summed E-state index contributed by atoms with van der Waals surface area (Å²) in [7, 11) is 3.12. The SMILES string of the molecule is COc1ccc(OC)c(N2C(=O)c3cc4occc4n3CC2(C)C(=O)NC2CCC(C)CC2)c1. The first-order valence-electron chi connectivity index (χ1n) is 11.8. The lowest BCUT2D eigenvalue weighted by Gasteiger charge is -2.45. The van der Waals surface area contributed by atoms with Gasteiger partial charge in [0, 0.05) is 24.2 Å². The molecule has 1 aromatic carbocycles. The minimum Gasteiger partial charge on any atom is -0.497 e. The van der Waals surface area contributed by atoms with Gasteiger partial charge in [-0.15, -0.1) is 0 Å². The Balaban J connectivity index is 1.61. The number of rotatable bonds is 5. The Morgan fingerprint density at radius 2 is 1.88 bits per heavy atom. The first-order chi connectivity index (χ1) is 16.4. The summed E-state index contributed by atoms with van der Waals surface area (Å²) in [4.78, 5) is 29.5. The predicted octanol–water partition coefficient (Wildman–Crippen LogP) is 4.37. The molecule has 180 valence electrons. The Morgan fingerprint density at radius 3 is 2.59 bits per heavy atom. The number of fused-ring (bicyclic) bond motifs is 3. The molecule has 5 rings (SSSR count). The van der Waals surface area contributed by atoms with E-state index in [-0.39, 0.29) is 24.4 Å². The van der Waals surface area contributed by atoms with Crippen LogP contribution in [0, 0.1) is 5.92 Å². The van der Waals surface area contributed by atoms with Crippen LogP contribution in [0.2, 0.25) is 0 Å². The van der Waals surface area contributed by atoms with Crippen LogP contribution in [0.4, 0.5) is 5.69 Å². The Kier molecular flexibility index (Phi) is 5.54. The molecule has 0 bridgehead atoms. The standard InChI is InChI=1S/C26H31N3O5/c1-16-5-7-17(8-6-16)27-25(31)26(2)15-28-19-11-12-34-23(19)14-21(28)24(30)29(26)20-13-18(32-3)9-10-22(20)33-4/h9-14,16-17H,5-8,15H2,1-4H3,(H,27,31). The molecule has 8 nitrogen and oxygen atoms in total. The fraction of sp³-hybridized carbons (Fsp3) is 0.462. The second-order valence-corrected chi connectivity index (χ2v) is 9.67. The highest BCUT2D eigenvalue weighted by atomic mass is 16.5. The number of nitrogens with zero attached hydrogens (tertiary/aromatic N) is 2. The third-order valence-electron chi connectivity index (χ3n) is 7.37. The van der Waals surface area contributed by atoms with Crippen molar-refractivity contribution >= 4 is 28.6 Å². The molecule has 3 aromatic rings. The molecule has 34 heavy (non-hydrogen) atoms. The van der Waals surface area contributed by atoms with Gasteiger partial charge in [0.15, 0.2) is 5.58 Å². The summed E-state index contributed by atoms with van der Waals surface area (Å²) >= 11 is 0. The second-order valence-electron chi connectivity index (χ2n) is 9.67. The van der Waals surface area contributed by atoms with Crippen LogP contribution in [0.5, 0.6) is 11.5 Å². The topological polar surface area (TPSA) is 85.9 Å². The number of carbonyl (C=O) groups excluding carboxylic acids is 2. The van der Waals surface area contributed by atoms with Gasteiger partial charge in [0.25, 0.3) is 5.91 Å². The van der Waals surface area contributed by atoms with E-state index in [1.165, 1.54) is 0 Å². The van der Waals surface area contributed by atoms with Gasteiger partial charge >= 0.3 is 0 Å². The zero-order chi connectivity index (χ0) is 24.0. The van der Waals surface area contributed by atoms with Crippen LogP contribution < -0.4 is 19.7 Å². The van der Waals surface area contributed by atoms with Crippen molar-refractivity contribution in [1.82, 2.24) is 9.88 Å². The number of carbonyl (C=O) groups is 2. The monoisotopic (exact) mass is 465 g/mol. The van der Waals surface area contributed by atoms with Crippen LogP contribution in [-0.2, 0) is 11.3 Å². The number of amides is 2. The van der Waals surface area contributed by atoms with Gasteiger partial charge in [-0.1, -0.05) is 6.92 Å². The molecular formula is C26H31N3O5. The summed E-state index contributed by atoms with van der Waals surface area (Å²) in [6.45, 7) is 4.35. The van der Waals surface area contributed by atoms with Gasteiger partial charge in [0.05, 0.1) is 38.2 Å². The van der Waals surface area contributed by atoms with Crippen molar-refractivity contribution in [2.45, 2.75) is 57.7 Å². The fourth-order valence-electron chi connectivity index (χ4n) is 5.31. The largest absolute Gasteiger partial charge is 0.497 e. The number of furan rings is 1. The number of hydrogen-bond donors (Lipinski definition) is 1. The van der Waals surface area contributed by atoms with Crippen molar-refractivity contribution in [2.24, 2.45) is 5.92 Å². The second kappa shape index (κ2) is 8.42. The number of methoxy groups -OCH3 is 2. The molecule has 0 spiro atoms. The predicted molar refractivity (Wildman–Crippen MR) is 129 cm³/mol. The molecule has 0 radical (unpaired) electrons. The zero-order valence-corrected chi connectivity index (χ0v) is 20.1. The van der Waals surface area contributed by atoms with E-state index in [1.54, 1.807) is 49.6 Å². The molecule has 3 heterocycles. The molecule has 2 aliphatic rings. The van der Waals surface area contributed by atoms with Crippen LogP contribution in [0.1, 0.15) is 50.0 Å². The lowest BCUT2D eigenvalue weighted by Crippen LogP contribution is -2.65. The summed E-state index contributed by atoms with van der Waals surface area (Å²) < 4.78 is 18.5. The smallest absolute Gasteiger partial charge is 0.276 e. The Morgan fingerprint density at radius 1 is 1.12 bits per heavy atom. The molecule has 2 amide bonds. The van der Waals surface area contributed by atoms with E-state index < -0.39 is 5.54 Å². The van der Waals surface area contributed by atoms with Crippen molar-refractivity contribution in [3.05, 3.63) is 42.3 Å². The van der Waals surface area contributed by atoms with Gasteiger partial charge in [-0.2, -0.15) is 0 Å². The van der Waals surface area contributed by atoms with Crippen molar-refractivity contribution in [3.63, 3.8) is 0 Å². The summed E-state index contributed by atoms with van der Waals surface area (Å²) in [5, 5.41) is 3.26. The van der Waals surface area contributed by atoms with E-state index in [0.717, 1.165) is 31.2 Å². The highest BCUT2D eigenvalue weighted by molar-refractivity contribution is 6.14. The van der Waals surface area contributed by atoms with Crippen LogP contribution in [0.25, 0.3) is 11.1 Å². The number of aromatic nitrogens is 1. The summed E-state index contributed by atoms with van der Waals surface area (Å²) in [6, 6.07) is 8.93. The van der Waals surface area contributed by atoms with E-state index in [1.807, 2.05) is 17.6 Å². The van der Waals surface area contributed by atoms with Gasteiger partial charge in [-0.3, -0.25) is 14.5 Å². The van der Waals surface area contributed by atoms with Gasteiger partial charge in [-0.05, 0) is 50.7 Å². The van der Waals surface area contributed by atoms with Crippen LogP contribution in [-0.4, -0.2) is 42.2 Å². The van der Waals surface area contributed by atoms with E-state index in [0.29, 0.717) is 34.4 Å². The van der Waals surface area contributed by atoms with Gasteiger partial charge in [0.2, 0.25) is 5.91 Å². The molecule has 2 aromatic heterocycles. The third-order valence-corrected chi connectivity index (χ3v) is 7.37. The Labute approximate surface area is 198 Å². The molecule has 1 aliphatic carbocycles. The Bertz CT molecular complexity index is 1240. The quantitative estimate of drug-likeness (QED) is 0.605. The molecular weight excluding hydrogens is 434 g/mol. The van der Waals surface area contributed by atoms with E-state index in [2.05, 4.69) is 12.2 Å². The van der Waals surface area contributed by atoms with E-state index in [4.69, 9.17) is 13.9 Å². The minimum atomic E-state index is -1.20. The molecule has 8 heteroatoms. The summed E-state index contributed by atoms with van der Waals surface area (Å²) in [6.07, 6.45) is 5.66. The van der Waals surface area contributed by atoms with Crippen molar-refractivity contribution < 1.29 is 23.5 Å². The maximum atomic E-state index is 14.0. The zero-order valence-electron chi connectivity index (χ0n) is 20.1. The lowest BCUT2D eigenvalue weighted by molar-refractivity contribution is -0.127. The van der Waals surface area contributed by atoms with Crippen LogP contribution >= 0.6 is 0 Å². The first-order valence-corrected chi connectivity index (χ1v) is 11.8. The maximum absolute atomic E-state index is 14.0. The molecule has 1 aliphatic heterocycles. The van der Waals surface area contributed by atoms with Crippen molar-refractivity contribution in [1.29, 1.82) is 0 Å². The number of ether oxygens (including phenoxy) is 2. The van der Waals surface area contributed by atoms with Crippen molar-refractivity contribution in [3.8, 4) is 11.5 Å². The molecule has 0 saturated heterocycles. The maximum Gasteiger partial charge on any atom is 0.276 e. The van der Waals surface area contributed by atoms with Crippen LogP contribution in [0.3, 0.4) is 0 Å². The van der Waals surface area contributed by atoms with Gasteiger partial charge < -0.3 is 23.8 Å². The Hall–Kier alpha value is -3.42. The van der Waals surface area contributed by atoms with Crippen molar-refractivity contribution in [2.75, 3.05) is 19.1 Å². The number of nitrogens with one attached hydrogen (secondary N) is 1. The third kappa shape index (κ3) is 3.52. The normalized spacial score (nSPS) is 24.7. The molecule has 1 saturated carbocycles. The van der Waals surface area contributed by atoms with E-state index >= 15 is 0 Å². The molecule has 1 atom stereocenters. The van der Waals surface area contributed by atoms with Gasteiger partial charge in [-0.25, -0.2) is 0 Å². The van der Waals surface area contributed by atoms with E-state index in [9.17, 15) is 9.59 Å². The van der Waals surface area contributed by atoms with Crippen LogP contribution in [0.15, 0.2) is 41.0 Å². The average molecular weight is 466 g/mol. The molecule has 1 unspecified atom stereocenters. The highest BCUT2D eigenvalue weighted by Crippen LogP contribution is 2.42. The summed E-state index contributed by atoms with van der Waals surface area (Å²) in [5.41, 5.74) is 1.18. The fourth-order valence-corrected chi connectivity index (χ4v) is 5.31. The number of benzene rings is 1. The number of hydrogen-bond acceptors (Lipinski definition) is 5. The average Bonchev–Trinajstić information content (AvgIpc) is 3.43. The lowest BCUT2D eigenvalue weighted by atomic mass is 9.86. The van der Waals surface area contributed by atoms with Gasteiger partial charge in [0.1, 0.15) is 22.7 Å². The number of anilines is 1. The minimum absolute atomic E-state index is 0.102. The molecule has 1 N–H and O–H groups in total. The summed E-state index contributed by atoms with van der Waals surface area (Å²) in [5.74, 6) is 1.26. The first kappa shape index (κ1) is 22.4.